The lowest BCUT2D eigenvalue weighted by Gasteiger charge is -2.26. The van der Waals surface area contributed by atoms with E-state index >= 15 is 0 Å². The van der Waals surface area contributed by atoms with E-state index in [9.17, 15) is 4.79 Å². The van der Waals surface area contributed by atoms with Crippen molar-refractivity contribution in [2.45, 2.75) is 19.3 Å². The number of hydrogen-bond donors (Lipinski definition) is 0. The summed E-state index contributed by atoms with van der Waals surface area (Å²) in [4.78, 5) is 14.1. The Hall–Kier alpha value is -1.57. The van der Waals surface area contributed by atoms with Crippen molar-refractivity contribution in [1.82, 2.24) is 4.90 Å². The smallest absolute Gasteiger partial charge is 0.253 e. The van der Waals surface area contributed by atoms with Gasteiger partial charge in [-0.1, -0.05) is 24.8 Å². The first-order valence-corrected chi connectivity index (χ1v) is 5.83. The van der Waals surface area contributed by atoms with Gasteiger partial charge in [0, 0.05) is 18.7 Å². The molecule has 0 spiro atoms. The number of carbonyl (C=O) groups is 1. The SMILES string of the molecule is C=Cc1ccc(C(=O)N2CCCCC2)cc1. The summed E-state index contributed by atoms with van der Waals surface area (Å²) in [6, 6.07) is 7.64. The monoisotopic (exact) mass is 215 g/mol. The van der Waals surface area contributed by atoms with Crippen LogP contribution < -0.4 is 0 Å². The molecule has 0 aliphatic carbocycles. The Bertz CT molecular complexity index is 374. The molecule has 2 rings (SSSR count). The zero-order valence-electron chi connectivity index (χ0n) is 9.48. The first kappa shape index (κ1) is 10.9. The van der Waals surface area contributed by atoms with Crippen LogP contribution in [-0.2, 0) is 0 Å². The van der Waals surface area contributed by atoms with Gasteiger partial charge in [-0.05, 0) is 37.0 Å². The Balaban J connectivity index is 2.10. The fraction of sp³-hybridized carbons (Fsp3) is 0.357. The van der Waals surface area contributed by atoms with Gasteiger partial charge in [0.1, 0.15) is 0 Å². The molecule has 0 aromatic heterocycles. The Morgan fingerprint density at radius 3 is 2.31 bits per heavy atom. The number of nitrogens with zero attached hydrogens (tertiary/aromatic N) is 1. The Kier molecular flexibility index (Phi) is 3.40. The van der Waals surface area contributed by atoms with Gasteiger partial charge in [0.05, 0.1) is 0 Å². The number of piperidine rings is 1. The lowest BCUT2D eigenvalue weighted by Crippen LogP contribution is -2.35. The molecule has 0 atom stereocenters. The maximum atomic E-state index is 12.1. The third-order valence-corrected chi connectivity index (χ3v) is 3.04. The number of amides is 1. The standard InChI is InChI=1S/C14H17NO/c1-2-12-6-8-13(9-7-12)14(16)15-10-4-3-5-11-15/h2,6-9H,1,3-5,10-11H2. The van der Waals surface area contributed by atoms with Crippen LogP contribution in [0.4, 0.5) is 0 Å². The van der Waals surface area contributed by atoms with Gasteiger partial charge in [0.25, 0.3) is 5.91 Å². The first-order valence-electron chi connectivity index (χ1n) is 5.83. The number of benzene rings is 1. The molecule has 1 aliphatic heterocycles. The van der Waals surface area contributed by atoms with Gasteiger partial charge in [0.15, 0.2) is 0 Å². The molecule has 0 unspecified atom stereocenters. The van der Waals surface area contributed by atoms with Gasteiger partial charge in [-0.2, -0.15) is 0 Å². The van der Waals surface area contributed by atoms with Gasteiger partial charge < -0.3 is 4.90 Å². The second kappa shape index (κ2) is 4.97. The van der Waals surface area contributed by atoms with Crippen LogP contribution in [0.1, 0.15) is 35.2 Å². The summed E-state index contributed by atoms with van der Waals surface area (Å²) < 4.78 is 0. The van der Waals surface area contributed by atoms with Crippen LogP contribution in [0, 0.1) is 0 Å². The van der Waals surface area contributed by atoms with Gasteiger partial charge in [-0.25, -0.2) is 0 Å². The molecule has 1 saturated heterocycles. The van der Waals surface area contributed by atoms with Crippen LogP contribution in [0.15, 0.2) is 30.8 Å². The number of likely N-dealkylation sites (tertiary alicyclic amines) is 1. The van der Waals surface area contributed by atoms with E-state index in [1.54, 1.807) is 6.08 Å². The third-order valence-electron chi connectivity index (χ3n) is 3.04. The van der Waals surface area contributed by atoms with Crippen molar-refractivity contribution in [3.63, 3.8) is 0 Å². The average molecular weight is 215 g/mol. The molecule has 1 fully saturated rings. The molecule has 0 radical (unpaired) electrons. The zero-order chi connectivity index (χ0) is 11.4. The van der Waals surface area contributed by atoms with Crippen molar-refractivity contribution in [2.75, 3.05) is 13.1 Å². The first-order chi connectivity index (χ1) is 7.81. The van der Waals surface area contributed by atoms with Crippen molar-refractivity contribution >= 4 is 12.0 Å². The largest absolute Gasteiger partial charge is 0.339 e. The summed E-state index contributed by atoms with van der Waals surface area (Å²) >= 11 is 0. The summed E-state index contributed by atoms with van der Waals surface area (Å²) in [6.07, 6.45) is 5.31. The molecule has 16 heavy (non-hydrogen) atoms. The molecule has 1 aromatic rings. The molecule has 1 aromatic carbocycles. The number of hydrogen-bond acceptors (Lipinski definition) is 1. The van der Waals surface area contributed by atoms with Crippen LogP contribution >= 0.6 is 0 Å². The van der Waals surface area contributed by atoms with Crippen LogP contribution in [0.3, 0.4) is 0 Å². The lowest BCUT2D eigenvalue weighted by atomic mass is 10.1. The summed E-state index contributed by atoms with van der Waals surface area (Å²) in [7, 11) is 0. The second-order valence-electron chi connectivity index (χ2n) is 4.18. The molecule has 0 N–H and O–H groups in total. The minimum Gasteiger partial charge on any atom is -0.339 e. The number of rotatable bonds is 2. The molecule has 84 valence electrons. The fourth-order valence-corrected chi connectivity index (χ4v) is 2.04. The van der Waals surface area contributed by atoms with Crippen molar-refractivity contribution < 1.29 is 4.79 Å². The summed E-state index contributed by atoms with van der Waals surface area (Å²) in [6.45, 7) is 5.51. The molecule has 2 heteroatoms. The van der Waals surface area contributed by atoms with Crippen LogP contribution in [0.2, 0.25) is 0 Å². The Morgan fingerprint density at radius 1 is 1.12 bits per heavy atom. The van der Waals surface area contributed by atoms with Crippen molar-refractivity contribution in [1.29, 1.82) is 0 Å². The lowest BCUT2D eigenvalue weighted by molar-refractivity contribution is 0.0724. The van der Waals surface area contributed by atoms with Crippen molar-refractivity contribution in [3.8, 4) is 0 Å². The van der Waals surface area contributed by atoms with E-state index in [4.69, 9.17) is 0 Å². The minimum atomic E-state index is 0.162. The van der Waals surface area contributed by atoms with Gasteiger partial charge in [-0.3, -0.25) is 4.79 Å². The zero-order valence-corrected chi connectivity index (χ0v) is 9.48. The molecule has 0 bridgehead atoms. The Morgan fingerprint density at radius 2 is 1.75 bits per heavy atom. The van der Waals surface area contributed by atoms with E-state index in [2.05, 4.69) is 6.58 Å². The maximum Gasteiger partial charge on any atom is 0.253 e. The van der Waals surface area contributed by atoms with Gasteiger partial charge in [0.2, 0.25) is 0 Å². The van der Waals surface area contributed by atoms with Crippen LogP contribution in [-0.4, -0.2) is 23.9 Å². The van der Waals surface area contributed by atoms with E-state index in [1.807, 2.05) is 29.2 Å². The predicted molar refractivity (Wildman–Crippen MR) is 66.3 cm³/mol. The van der Waals surface area contributed by atoms with E-state index in [-0.39, 0.29) is 5.91 Å². The topological polar surface area (TPSA) is 20.3 Å². The molecule has 1 amide bonds. The van der Waals surface area contributed by atoms with Crippen LogP contribution in [0.25, 0.3) is 6.08 Å². The average Bonchev–Trinajstić information content (AvgIpc) is 2.39. The highest BCUT2D eigenvalue weighted by atomic mass is 16.2. The van der Waals surface area contributed by atoms with Crippen molar-refractivity contribution in [3.05, 3.63) is 42.0 Å². The predicted octanol–water partition coefficient (Wildman–Crippen LogP) is 2.96. The maximum absolute atomic E-state index is 12.1. The van der Waals surface area contributed by atoms with E-state index in [0.717, 1.165) is 37.1 Å². The van der Waals surface area contributed by atoms with Crippen LogP contribution in [0.5, 0.6) is 0 Å². The second-order valence-corrected chi connectivity index (χ2v) is 4.18. The number of carbonyl (C=O) groups excluding carboxylic acids is 1. The minimum absolute atomic E-state index is 0.162. The molecule has 0 saturated carbocycles. The van der Waals surface area contributed by atoms with E-state index < -0.39 is 0 Å². The Labute approximate surface area is 96.6 Å². The molecule has 1 heterocycles. The highest BCUT2D eigenvalue weighted by molar-refractivity contribution is 5.94. The molecular weight excluding hydrogens is 198 g/mol. The third kappa shape index (κ3) is 2.32. The highest BCUT2D eigenvalue weighted by Crippen LogP contribution is 2.14. The molecule has 1 aliphatic rings. The molecule has 2 nitrogen and oxygen atoms in total. The van der Waals surface area contributed by atoms with E-state index in [0.29, 0.717) is 0 Å². The molecular formula is C14H17NO. The fourth-order valence-electron chi connectivity index (χ4n) is 2.04. The summed E-state index contributed by atoms with van der Waals surface area (Å²) in [5.74, 6) is 0.162. The van der Waals surface area contributed by atoms with Gasteiger partial charge in [-0.15, -0.1) is 0 Å². The van der Waals surface area contributed by atoms with E-state index in [1.165, 1.54) is 6.42 Å². The summed E-state index contributed by atoms with van der Waals surface area (Å²) in [5.41, 5.74) is 1.84. The quantitative estimate of drug-likeness (QED) is 0.742. The highest BCUT2D eigenvalue weighted by Gasteiger charge is 2.17. The summed E-state index contributed by atoms with van der Waals surface area (Å²) in [5, 5.41) is 0. The normalized spacial score (nSPS) is 15.9. The van der Waals surface area contributed by atoms with Crippen molar-refractivity contribution in [2.24, 2.45) is 0 Å². The van der Waals surface area contributed by atoms with Gasteiger partial charge >= 0.3 is 0 Å².